The molecule has 0 fully saturated rings. The van der Waals surface area contributed by atoms with Crippen LogP contribution in [0.15, 0.2) is 66.2 Å². The van der Waals surface area contributed by atoms with E-state index in [0.717, 1.165) is 6.26 Å². The number of nitrogens with zero attached hydrogens (tertiary/aromatic N) is 4. The Morgan fingerprint density at radius 2 is 1.94 bits per heavy atom. The molecule has 1 amide bonds. The molecule has 0 spiro atoms. The number of rotatable bonds is 7. The Hall–Kier alpha value is -3.70. The lowest BCUT2D eigenvalue weighted by atomic mass is 10.0. The molecule has 0 aliphatic carbocycles. The van der Waals surface area contributed by atoms with Gasteiger partial charge in [-0.25, -0.2) is 22.5 Å². The molecule has 0 unspecified atom stereocenters. The van der Waals surface area contributed by atoms with E-state index in [1.165, 1.54) is 30.6 Å². The second-order valence-corrected chi connectivity index (χ2v) is 9.42. The van der Waals surface area contributed by atoms with Gasteiger partial charge in [-0.3, -0.25) is 9.78 Å². The third kappa shape index (κ3) is 4.73. The maximum absolute atomic E-state index is 13.3. The van der Waals surface area contributed by atoms with Crippen molar-refractivity contribution < 1.29 is 17.6 Å². The predicted molar refractivity (Wildman–Crippen MR) is 120 cm³/mol. The highest BCUT2D eigenvalue weighted by Crippen LogP contribution is 2.23. The summed E-state index contributed by atoms with van der Waals surface area (Å²) >= 11 is 0. The van der Waals surface area contributed by atoms with Gasteiger partial charge in [0.05, 0.1) is 35.2 Å². The molecule has 0 aliphatic heterocycles. The number of hydrogen-bond acceptors (Lipinski definition) is 7. The molecule has 4 rings (SSSR count). The normalized spacial score (nSPS) is 12.6. The van der Waals surface area contributed by atoms with Crippen molar-refractivity contribution in [1.82, 2.24) is 25.1 Å². The molecule has 170 valence electrons. The van der Waals surface area contributed by atoms with Crippen LogP contribution in [-0.4, -0.2) is 46.9 Å². The Kier molecular flexibility index (Phi) is 6.16. The van der Waals surface area contributed by atoms with Crippen molar-refractivity contribution in [3.05, 3.63) is 78.1 Å². The van der Waals surface area contributed by atoms with Gasteiger partial charge in [0.15, 0.2) is 14.9 Å². The van der Waals surface area contributed by atoms with E-state index in [-0.39, 0.29) is 17.4 Å². The third-order valence-corrected chi connectivity index (χ3v) is 6.10. The summed E-state index contributed by atoms with van der Waals surface area (Å²) in [7, 11) is -3.51. The van der Waals surface area contributed by atoms with Crippen LogP contribution in [-0.2, 0) is 9.84 Å². The zero-order valence-electron chi connectivity index (χ0n) is 17.6. The van der Waals surface area contributed by atoms with Crippen LogP contribution in [0.1, 0.15) is 28.4 Å². The van der Waals surface area contributed by atoms with Crippen molar-refractivity contribution >= 4 is 26.6 Å². The molecule has 3 N–H and O–H groups in total. The fourth-order valence-electron chi connectivity index (χ4n) is 3.48. The van der Waals surface area contributed by atoms with Gasteiger partial charge >= 0.3 is 0 Å². The van der Waals surface area contributed by atoms with Crippen molar-refractivity contribution in [2.45, 2.75) is 17.5 Å². The average molecular weight is 469 g/mol. The molecular formula is C22H21FN6O3S. The van der Waals surface area contributed by atoms with Crippen molar-refractivity contribution in [2.75, 3.05) is 12.8 Å². The molecule has 0 aliphatic rings. The van der Waals surface area contributed by atoms with Gasteiger partial charge in [-0.05, 0) is 54.9 Å². The summed E-state index contributed by atoms with van der Waals surface area (Å²) in [4.78, 5) is 21.2. The number of carbonyl (C=O) groups is 1. The van der Waals surface area contributed by atoms with E-state index >= 15 is 0 Å². The number of amides is 1. The SMILES string of the molecule is CS(=O)(=O)c1cc([C@H](CCN)NC(=O)c2cncc3c2cnn3-c2ccc(F)cc2)ccn1. The highest BCUT2D eigenvalue weighted by atomic mass is 32.2. The molecule has 3 heterocycles. The van der Waals surface area contributed by atoms with E-state index in [4.69, 9.17) is 5.73 Å². The first kappa shape index (κ1) is 22.5. The molecular weight excluding hydrogens is 447 g/mol. The van der Waals surface area contributed by atoms with E-state index in [1.807, 2.05) is 0 Å². The summed E-state index contributed by atoms with van der Waals surface area (Å²) in [6.45, 7) is 0.270. The minimum atomic E-state index is -3.51. The van der Waals surface area contributed by atoms with Crippen molar-refractivity contribution in [2.24, 2.45) is 5.73 Å². The minimum absolute atomic E-state index is 0.0828. The highest BCUT2D eigenvalue weighted by Gasteiger charge is 2.21. The summed E-state index contributed by atoms with van der Waals surface area (Å²) in [5.74, 6) is -0.780. The van der Waals surface area contributed by atoms with Crippen LogP contribution in [0.25, 0.3) is 16.6 Å². The Balaban J connectivity index is 1.67. The number of carbonyl (C=O) groups excluding carboxylic acids is 1. The largest absolute Gasteiger partial charge is 0.345 e. The van der Waals surface area contributed by atoms with Gasteiger partial charge in [0.25, 0.3) is 5.91 Å². The minimum Gasteiger partial charge on any atom is -0.345 e. The highest BCUT2D eigenvalue weighted by molar-refractivity contribution is 7.90. The van der Waals surface area contributed by atoms with E-state index in [2.05, 4.69) is 20.4 Å². The summed E-state index contributed by atoms with van der Waals surface area (Å²) in [6, 6.07) is 8.34. The number of hydrogen-bond donors (Lipinski definition) is 2. The second kappa shape index (κ2) is 9.04. The smallest absolute Gasteiger partial charge is 0.254 e. The van der Waals surface area contributed by atoms with E-state index in [1.54, 1.807) is 35.3 Å². The van der Waals surface area contributed by atoms with Gasteiger partial charge in [-0.15, -0.1) is 0 Å². The molecule has 1 aromatic carbocycles. The van der Waals surface area contributed by atoms with Crippen LogP contribution in [0.4, 0.5) is 4.39 Å². The molecule has 1 atom stereocenters. The first-order chi connectivity index (χ1) is 15.8. The van der Waals surface area contributed by atoms with Crippen LogP contribution in [0.2, 0.25) is 0 Å². The fourth-order valence-corrected chi connectivity index (χ4v) is 4.08. The number of aromatic nitrogens is 4. The average Bonchev–Trinajstić information content (AvgIpc) is 3.23. The standard InChI is InChI=1S/C22H21FN6O3S/c1-33(31,32)21-10-14(7-9-26-21)19(6-8-24)28-22(30)18-11-25-13-20-17(18)12-27-29(20)16-4-2-15(23)3-5-16/h2-5,7,9-13,19H,6,8,24H2,1H3,(H,28,30)/t19-/m0/s1. The van der Waals surface area contributed by atoms with Gasteiger partial charge in [-0.2, -0.15) is 5.10 Å². The van der Waals surface area contributed by atoms with Gasteiger partial charge in [0.2, 0.25) is 0 Å². The summed E-state index contributed by atoms with van der Waals surface area (Å²) in [5, 5.41) is 7.72. The Labute approximate surface area is 189 Å². The number of sulfone groups is 1. The first-order valence-corrected chi connectivity index (χ1v) is 11.9. The van der Waals surface area contributed by atoms with Crippen molar-refractivity contribution in [1.29, 1.82) is 0 Å². The third-order valence-electron chi connectivity index (χ3n) is 5.11. The van der Waals surface area contributed by atoms with Gasteiger partial charge in [0.1, 0.15) is 5.82 Å². The Morgan fingerprint density at radius 3 is 2.64 bits per heavy atom. The number of halogens is 1. The number of fused-ring (bicyclic) bond motifs is 1. The Morgan fingerprint density at radius 1 is 1.18 bits per heavy atom. The number of nitrogens with one attached hydrogen (secondary N) is 1. The fraction of sp³-hybridized carbons (Fsp3) is 0.182. The van der Waals surface area contributed by atoms with Crippen LogP contribution in [0.5, 0.6) is 0 Å². The van der Waals surface area contributed by atoms with E-state index in [9.17, 15) is 17.6 Å². The monoisotopic (exact) mass is 468 g/mol. The zero-order chi connectivity index (χ0) is 23.6. The molecule has 0 radical (unpaired) electrons. The zero-order valence-corrected chi connectivity index (χ0v) is 18.5. The van der Waals surface area contributed by atoms with E-state index < -0.39 is 21.8 Å². The van der Waals surface area contributed by atoms with Crippen LogP contribution in [0.3, 0.4) is 0 Å². The lowest BCUT2D eigenvalue weighted by Gasteiger charge is -2.19. The van der Waals surface area contributed by atoms with Gasteiger partial charge in [0, 0.05) is 24.0 Å². The molecule has 0 saturated carbocycles. The predicted octanol–water partition coefficient (Wildman–Crippen LogP) is 2.18. The lowest BCUT2D eigenvalue weighted by Crippen LogP contribution is -2.30. The molecule has 3 aromatic heterocycles. The Bertz CT molecular complexity index is 1420. The molecule has 33 heavy (non-hydrogen) atoms. The number of benzene rings is 1. The first-order valence-electron chi connectivity index (χ1n) is 10.0. The van der Waals surface area contributed by atoms with Crippen molar-refractivity contribution in [3.8, 4) is 5.69 Å². The molecule has 11 heteroatoms. The topological polar surface area (TPSA) is 133 Å². The van der Waals surface area contributed by atoms with E-state index in [0.29, 0.717) is 34.1 Å². The maximum atomic E-state index is 13.3. The number of nitrogens with two attached hydrogens (primary N) is 1. The second-order valence-electron chi connectivity index (χ2n) is 7.46. The number of pyridine rings is 2. The summed E-state index contributed by atoms with van der Waals surface area (Å²) < 4.78 is 38.6. The molecule has 0 bridgehead atoms. The quantitative estimate of drug-likeness (QED) is 0.425. The molecule has 0 saturated heterocycles. The van der Waals surface area contributed by atoms with Gasteiger partial charge in [-0.1, -0.05) is 0 Å². The molecule has 4 aromatic rings. The van der Waals surface area contributed by atoms with Crippen LogP contribution in [0, 0.1) is 5.82 Å². The van der Waals surface area contributed by atoms with Crippen molar-refractivity contribution in [3.63, 3.8) is 0 Å². The van der Waals surface area contributed by atoms with Gasteiger partial charge < -0.3 is 11.1 Å². The molecule has 9 nitrogen and oxygen atoms in total. The van der Waals surface area contributed by atoms with Crippen LogP contribution < -0.4 is 11.1 Å². The summed E-state index contributed by atoms with van der Waals surface area (Å²) in [5.41, 5.74) is 7.80. The maximum Gasteiger partial charge on any atom is 0.254 e. The van der Waals surface area contributed by atoms with Crippen LogP contribution >= 0.6 is 0 Å². The summed E-state index contributed by atoms with van der Waals surface area (Å²) in [6.07, 6.45) is 7.39. The lowest BCUT2D eigenvalue weighted by molar-refractivity contribution is 0.0936.